The highest BCUT2D eigenvalue weighted by Gasteiger charge is 2.35. The molecule has 2 aromatic carbocycles. The molecule has 0 N–H and O–H groups in total. The van der Waals surface area contributed by atoms with Gasteiger partial charge in [-0.05, 0) is 37.1 Å². The third-order valence-electron chi connectivity index (χ3n) is 5.33. The Kier molecular flexibility index (Phi) is 4.62. The SMILES string of the molecule is C#CC1c2c(c3ccccc3n2S(=O)(=O)c2ccc(C)cc2)CCN1CC=C. The van der Waals surface area contributed by atoms with Gasteiger partial charge in [0.1, 0.15) is 6.04 Å². The average Bonchev–Trinajstić information content (AvgIpc) is 3.03. The van der Waals surface area contributed by atoms with E-state index in [-0.39, 0.29) is 4.90 Å². The first kappa shape index (κ1) is 18.5. The van der Waals surface area contributed by atoms with Crippen molar-refractivity contribution in [2.24, 2.45) is 0 Å². The van der Waals surface area contributed by atoms with Gasteiger partial charge in [0.15, 0.2) is 0 Å². The average molecular weight is 391 g/mol. The fourth-order valence-electron chi connectivity index (χ4n) is 4.01. The smallest absolute Gasteiger partial charge is 0.268 e. The first-order valence-electron chi connectivity index (χ1n) is 9.24. The first-order chi connectivity index (χ1) is 13.5. The van der Waals surface area contributed by atoms with Gasteiger partial charge in [0.2, 0.25) is 0 Å². The number of para-hydroxylation sites is 1. The maximum absolute atomic E-state index is 13.7. The van der Waals surface area contributed by atoms with Crippen molar-refractivity contribution in [2.75, 3.05) is 13.1 Å². The number of hydrogen-bond acceptors (Lipinski definition) is 3. The number of rotatable bonds is 4. The third kappa shape index (κ3) is 2.77. The van der Waals surface area contributed by atoms with Crippen LogP contribution in [0.15, 0.2) is 66.1 Å². The predicted octanol–water partition coefficient (Wildman–Crippen LogP) is 3.91. The van der Waals surface area contributed by atoms with E-state index >= 15 is 0 Å². The fraction of sp³-hybridized carbons (Fsp3) is 0.217. The van der Waals surface area contributed by atoms with Crippen LogP contribution < -0.4 is 0 Å². The lowest BCUT2D eigenvalue weighted by Gasteiger charge is -2.33. The summed E-state index contributed by atoms with van der Waals surface area (Å²) in [5.41, 5.74) is 3.39. The minimum Gasteiger partial charge on any atom is -0.281 e. The molecule has 3 aromatic rings. The summed E-state index contributed by atoms with van der Waals surface area (Å²) in [6, 6.07) is 14.1. The summed E-state index contributed by atoms with van der Waals surface area (Å²) in [7, 11) is -3.79. The molecule has 4 nitrogen and oxygen atoms in total. The Morgan fingerprint density at radius 1 is 1.21 bits per heavy atom. The van der Waals surface area contributed by atoms with Gasteiger partial charge in [0.05, 0.1) is 16.1 Å². The van der Waals surface area contributed by atoms with Crippen molar-refractivity contribution in [2.45, 2.75) is 24.3 Å². The number of aryl methyl sites for hydroxylation is 1. The second kappa shape index (κ2) is 6.97. The van der Waals surface area contributed by atoms with E-state index in [1.54, 1.807) is 18.2 Å². The van der Waals surface area contributed by atoms with Crippen molar-refractivity contribution >= 4 is 20.9 Å². The normalized spacial score (nSPS) is 17.2. The molecule has 1 aliphatic rings. The summed E-state index contributed by atoms with van der Waals surface area (Å²) in [5, 5.41) is 0.951. The summed E-state index contributed by atoms with van der Waals surface area (Å²) in [6.45, 7) is 7.13. The Labute approximate surface area is 166 Å². The lowest BCUT2D eigenvalue weighted by atomic mass is 9.98. The Morgan fingerprint density at radius 2 is 1.93 bits per heavy atom. The first-order valence-corrected chi connectivity index (χ1v) is 10.7. The minimum atomic E-state index is -3.79. The summed E-state index contributed by atoms with van der Waals surface area (Å²) < 4.78 is 28.8. The highest BCUT2D eigenvalue weighted by molar-refractivity contribution is 7.90. The zero-order valence-corrected chi connectivity index (χ0v) is 16.6. The Hall–Kier alpha value is -2.81. The van der Waals surface area contributed by atoms with E-state index in [4.69, 9.17) is 6.42 Å². The van der Waals surface area contributed by atoms with E-state index in [0.717, 1.165) is 29.5 Å². The molecule has 28 heavy (non-hydrogen) atoms. The number of fused-ring (bicyclic) bond motifs is 3. The van der Waals surface area contributed by atoms with Crippen LogP contribution in [-0.4, -0.2) is 30.4 Å². The molecule has 1 aliphatic heterocycles. The van der Waals surface area contributed by atoms with Crippen LogP contribution in [0.3, 0.4) is 0 Å². The van der Waals surface area contributed by atoms with Crippen molar-refractivity contribution in [1.82, 2.24) is 8.87 Å². The third-order valence-corrected chi connectivity index (χ3v) is 7.07. The van der Waals surface area contributed by atoms with Crippen LogP contribution in [-0.2, 0) is 16.4 Å². The number of aromatic nitrogens is 1. The largest absolute Gasteiger partial charge is 0.281 e. The topological polar surface area (TPSA) is 42.3 Å². The van der Waals surface area contributed by atoms with E-state index in [9.17, 15) is 8.42 Å². The van der Waals surface area contributed by atoms with Gasteiger partial charge in [-0.3, -0.25) is 4.90 Å². The molecule has 0 fully saturated rings. The van der Waals surface area contributed by atoms with Crippen LogP contribution in [0.5, 0.6) is 0 Å². The van der Waals surface area contributed by atoms with E-state index in [0.29, 0.717) is 17.8 Å². The second-order valence-corrected chi connectivity index (χ2v) is 8.85. The number of nitrogens with zero attached hydrogens (tertiary/aromatic N) is 2. The maximum Gasteiger partial charge on any atom is 0.268 e. The lowest BCUT2D eigenvalue weighted by Crippen LogP contribution is -2.36. The summed E-state index contributed by atoms with van der Waals surface area (Å²) in [4.78, 5) is 2.35. The Morgan fingerprint density at radius 3 is 2.61 bits per heavy atom. The molecule has 1 unspecified atom stereocenters. The monoisotopic (exact) mass is 390 g/mol. The van der Waals surface area contributed by atoms with Gasteiger partial charge in [-0.25, -0.2) is 12.4 Å². The van der Waals surface area contributed by atoms with Gasteiger partial charge in [-0.1, -0.05) is 47.9 Å². The molecule has 2 heterocycles. The molecule has 142 valence electrons. The molecule has 5 heteroatoms. The zero-order valence-electron chi connectivity index (χ0n) is 15.8. The molecular formula is C23H22N2O2S. The van der Waals surface area contributed by atoms with Crippen molar-refractivity contribution in [3.8, 4) is 12.3 Å². The quantitative estimate of drug-likeness (QED) is 0.501. The molecule has 1 aromatic heterocycles. The van der Waals surface area contributed by atoms with Crippen molar-refractivity contribution in [1.29, 1.82) is 0 Å². The van der Waals surface area contributed by atoms with E-state index in [1.807, 2.05) is 43.3 Å². The van der Waals surface area contributed by atoms with E-state index in [1.165, 1.54) is 3.97 Å². The van der Waals surface area contributed by atoms with E-state index < -0.39 is 16.1 Å². The molecule has 1 atom stereocenters. The highest BCUT2D eigenvalue weighted by atomic mass is 32.2. The van der Waals surface area contributed by atoms with Gasteiger partial charge in [-0.2, -0.15) is 0 Å². The molecule has 0 amide bonds. The van der Waals surface area contributed by atoms with Gasteiger partial charge in [0.25, 0.3) is 10.0 Å². The van der Waals surface area contributed by atoms with Crippen LogP contribution in [0, 0.1) is 19.3 Å². The van der Waals surface area contributed by atoms with Crippen LogP contribution in [0.2, 0.25) is 0 Å². The molecule has 0 spiro atoms. The number of hydrogen-bond donors (Lipinski definition) is 0. The molecular weight excluding hydrogens is 368 g/mol. The number of terminal acetylenes is 1. The lowest BCUT2D eigenvalue weighted by molar-refractivity contribution is 0.246. The summed E-state index contributed by atoms with van der Waals surface area (Å²) in [6.07, 6.45) is 8.45. The molecule has 0 bridgehead atoms. The highest BCUT2D eigenvalue weighted by Crippen LogP contribution is 2.39. The standard InChI is InChI=1S/C23H22N2O2S/c1-4-15-24-16-14-20-19-8-6-7-9-22(19)25(23(20)21(24)5-2)28(26,27)18-12-10-17(3)11-13-18/h2,4,6-13,21H,1,14-16H2,3H3. The zero-order chi connectivity index (χ0) is 19.9. The molecule has 0 saturated carbocycles. The number of benzene rings is 2. The fourth-order valence-corrected chi connectivity index (χ4v) is 5.59. The molecule has 4 rings (SSSR count). The van der Waals surface area contributed by atoms with Crippen LogP contribution >= 0.6 is 0 Å². The van der Waals surface area contributed by atoms with Crippen molar-refractivity contribution < 1.29 is 8.42 Å². The Balaban J connectivity index is 2.04. The minimum absolute atomic E-state index is 0.262. The second-order valence-electron chi connectivity index (χ2n) is 7.07. The van der Waals surface area contributed by atoms with Crippen molar-refractivity contribution in [3.05, 3.63) is 78.0 Å². The maximum atomic E-state index is 13.7. The van der Waals surface area contributed by atoms with Gasteiger partial charge >= 0.3 is 0 Å². The van der Waals surface area contributed by atoms with Crippen LogP contribution in [0.25, 0.3) is 10.9 Å². The van der Waals surface area contributed by atoms with Crippen LogP contribution in [0.4, 0.5) is 0 Å². The molecule has 0 saturated heterocycles. The van der Waals surface area contributed by atoms with Crippen molar-refractivity contribution in [3.63, 3.8) is 0 Å². The van der Waals surface area contributed by atoms with Crippen LogP contribution in [0.1, 0.15) is 22.9 Å². The summed E-state index contributed by atoms with van der Waals surface area (Å²) in [5.74, 6) is 2.82. The van der Waals surface area contributed by atoms with Gasteiger partial charge in [-0.15, -0.1) is 13.0 Å². The summed E-state index contributed by atoms with van der Waals surface area (Å²) >= 11 is 0. The predicted molar refractivity (Wildman–Crippen MR) is 113 cm³/mol. The molecule has 0 radical (unpaired) electrons. The Bertz CT molecular complexity index is 1200. The van der Waals surface area contributed by atoms with Gasteiger partial charge < -0.3 is 0 Å². The molecule has 0 aliphatic carbocycles. The van der Waals surface area contributed by atoms with Gasteiger partial charge in [0, 0.05) is 18.5 Å². The van der Waals surface area contributed by atoms with E-state index in [2.05, 4.69) is 17.4 Å².